The number of carbonyl (C=O) groups excluding carboxylic acids is 2. The Bertz CT molecular complexity index is 1620. The average Bonchev–Trinajstić information content (AvgIpc) is 3.00. The second-order valence-electron chi connectivity index (χ2n) is 10.3. The molecule has 3 aromatic rings. The molecule has 1 saturated heterocycles. The van der Waals surface area contributed by atoms with Crippen LogP contribution in [0, 0.1) is 0 Å². The topological polar surface area (TPSA) is 222 Å². The Morgan fingerprint density at radius 1 is 0.911 bits per heavy atom. The molecule has 0 radical (unpaired) electrons. The molecule has 45 heavy (non-hydrogen) atoms. The highest BCUT2D eigenvalue weighted by Gasteiger charge is 2.45. The Morgan fingerprint density at radius 3 is 2.40 bits per heavy atom. The number of methoxy groups -OCH3 is 1. The first kappa shape index (κ1) is 31.4. The van der Waals surface area contributed by atoms with Crippen LogP contribution in [0.15, 0.2) is 54.6 Å². The lowest BCUT2D eigenvalue weighted by molar-refractivity contribution is -0.278. The number of benzene rings is 3. The Labute approximate surface area is 255 Å². The zero-order valence-corrected chi connectivity index (χ0v) is 23.6. The second kappa shape index (κ2) is 12.9. The number of fused-ring (bicyclic) bond motifs is 1. The van der Waals surface area contributed by atoms with Gasteiger partial charge in [-0.2, -0.15) is 0 Å². The van der Waals surface area contributed by atoms with Crippen LogP contribution >= 0.6 is 0 Å². The van der Waals surface area contributed by atoms with Crippen LogP contribution in [-0.4, -0.2) is 91.9 Å². The summed E-state index contributed by atoms with van der Waals surface area (Å²) in [6, 6.07) is 10.7. The van der Waals surface area contributed by atoms with Crippen LogP contribution in [0.5, 0.6) is 40.2 Å². The highest BCUT2D eigenvalue weighted by Crippen LogP contribution is 2.43. The van der Waals surface area contributed by atoms with E-state index in [1.54, 1.807) is 6.07 Å². The van der Waals surface area contributed by atoms with Crippen molar-refractivity contribution in [3.63, 3.8) is 0 Å². The number of carbonyl (C=O) groups is 2. The first-order valence-electron chi connectivity index (χ1n) is 13.6. The van der Waals surface area contributed by atoms with Crippen LogP contribution in [0.4, 0.5) is 0 Å². The standard InChI is InChI=1S/C31H30O14/c1-41-22-6-2-14(8-19(22)34)3-7-26(37)42-13-25-28(38)29(39)30(40)31(45-25)43-16-10-20(35)27-21(36)12-23(44-24(27)11-16)15-4-5-17(32)18(33)9-15/h2-11,23,25,28-35,38-40H,12-13H2,1H3/b7-3+/t23-,25-,28-,29+,30-,31-/m1/s1. The molecule has 14 nitrogen and oxygen atoms in total. The number of aromatic hydroxyl groups is 4. The van der Waals surface area contributed by atoms with Crippen LogP contribution in [0.3, 0.4) is 0 Å². The predicted octanol–water partition coefficient (Wildman–Crippen LogP) is 1.67. The number of ketones is 1. The minimum atomic E-state index is -1.78. The van der Waals surface area contributed by atoms with Crippen molar-refractivity contribution in [2.45, 2.75) is 43.2 Å². The van der Waals surface area contributed by atoms with E-state index in [1.807, 2.05) is 0 Å². The predicted molar refractivity (Wildman–Crippen MR) is 152 cm³/mol. The normalized spacial score (nSPS) is 24.5. The fourth-order valence-electron chi connectivity index (χ4n) is 4.88. The largest absolute Gasteiger partial charge is 0.507 e. The molecule has 0 aromatic heterocycles. The third-order valence-corrected chi connectivity index (χ3v) is 7.27. The second-order valence-corrected chi connectivity index (χ2v) is 10.3. The number of aliphatic hydroxyl groups excluding tert-OH is 3. The molecular formula is C31H30O14. The SMILES string of the molecule is COc1ccc(/C=C/C(=O)OC[C@H]2O[C@@H](Oc3cc(O)c4c(c3)O[C@@H](c3ccc(O)c(O)c3)CC4=O)[C@H](O)[C@@H](O)[C@@H]2O)cc1O. The van der Waals surface area contributed by atoms with E-state index < -0.39 is 66.7 Å². The van der Waals surface area contributed by atoms with E-state index in [0.29, 0.717) is 11.1 Å². The van der Waals surface area contributed by atoms with Gasteiger partial charge >= 0.3 is 5.97 Å². The van der Waals surface area contributed by atoms with E-state index in [0.717, 1.165) is 12.1 Å². The van der Waals surface area contributed by atoms with Gasteiger partial charge in [0, 0.05) is 18.2 Å². The van der Waals surface area contributed by atoms with Gasteiger partial charge in [0.1, 0.15) is 59.9 Å². The van der Waals surface area contributed by atoms with Gasteiger partial charge < -0.3 is 59.4 Å². The van der Waals surface area contributed by atoms with Crippen molar-refractivity contribution in [1.82, 2.24) is 0 Å². The Morgan fingerprint density at radius 2 is 1.69 bits per heavy atom. The third kappa shape index (κ3) is 6.73. The minimum Gasteiger partial charge on any atom is -0.507 e. The number of aliphatic hydroxyl groups is 3. The number of ether oxygens (including phenoxy) is 5. The summed E-state index contributed by atoms with van der Waals surface area (Å²) >= 11 is 0. The van der Waals surface area contributed by atoms with Crippen LogP contribution < -0.4 is 14.2 Å². The molecule has 2 aliphatic rings. The molecule has 14 heteroatoms. The summed E-state index contributed by atoms with van der Waals surface area (Å²) in [6.45, 7) is -0.546. The van der Waals surface area contributed by atoms with Crippen LogP contribution in [0.1, 0.15) is 34.0 Å². The maximum Gasteiger partial charge on any atom is 0.330 e. The lowest BCUT2D eigenvalue weighted by Crippen LogP contribution is -2.60. The number of phenols is 4. The molecule has 2 heterocycles. The number of Topliss-reactive ketones (excluding diaryl/α,β-unsaturated/α-hetero) is 1. The zero-order chi connectivity index (χ0) is 32.4. The molecule has 0 unspecified atom stereocenters. The Balaban J connectivity index is 1.26. The van der Waals surface area contributed by atoms with Crippen molar-refractivity contribution in [3.8, 4) is 40.2 Å². The van der Waals surface area contributed by atoms with Crippen molar-refractivity contribution in [2.24, 2.45) is 0 Å². The van der Waals surface area contributed by atoms with E-state index in [1.165, 1.54) is 49.6 Å². The van der Waals surface area contributed by atoms with E-state index in [-0.39, 0.29) is 40.7 Å². The molecule has 238 valence electrons. The maximum absolute atomic E-state index is 12.8. The van der Waals surface area contributed by atoms with Crippen molar-refractivity contribution < 1.29 is 69.0 Å². The number of rotatable bonds is 8. The number of phenolic OH excluding ortho intramolecular Hbond substituents is 4. The molecule has 3 aromatic carbocycles. The van der Waals surface area contributed by atoms with Gasteiger partial charge in [-0.15, -0.1) is 0 Å². The average molecular weight is 627 g/mol. The summed E-state index contributed by atoms with van der Waals surface area (Å²) in [5, 5.41) is 71.3. The van der Waals surface area contributed by atoms with Gasteiger partial charge in [0.25, 0.3) is 0 Å². The van der Waals surface area contributed by atoms with Gasteiger partial charge in [0.05, 0.1) is 13.5 Å². The quantitative estimate of drug-likeness (QED) is 0.107. The summed E-state index contributed by atoms with van der Waals surface area (Å²) in [7, 11) is 1.39. The molecule has 1 fully saturated rings. The van der Waals surface area contributed by atoms with Crippen LogP contribution in [0.2, 0.25) is 0 Å². The molecule has 0 saturated carbocycles. The van der Waals surface area contributed by atoms with E-state index in [9.17, 15) is 45.3 Å². The van der Waals surface area contributed by atoms with Crippen molar-refractivity contribution >= 4 is 17.8 Å². The first-order valence-corrected chi connectivity index (χ1v) is 13.6. The van der Waals surface area contributed by atoms with Gasteiger partial charge in [-0.05, 0) is 41.5 Å². The highest BCUT2D eigenvalue weighted by atomic mass is 16.7. The van der Waals surface area contributed by atoms with Crippen molar-refractivity contribution in [3.05, 3.63) is 71.3 Å². The van der Waals surface area contributed by atoms with Crippen LogP contribution in [-0.2, 0) is 14.3 Å². The molecule has 0 aliphatic carbocycles. The summed E-state index contributed by atoms with van der Waals surface area (Å²) in [5.41, 5.74) is 0.732. The Hall–Kier alpha value is -5.02. The lowest BCUT2D eigenvalue weighted by atomic mass is 9.95. The van der Waals surface area contributed by atoms with E-state index in [2.05, 4.69) is 0 Å². The molecule has 6 atom stereocenters. The van der Waals surface area contributed by atoms with Crippen molar-refractivity contribution in [2.75, 3.05) is 13.7 Å². The van der Waals surface area contributed by atoms with E-state index >= 15 is 0 Å². The van der Waals surface area contributed by atoms with E-state index in [4.69, 9.17) is 23.7 Å². The van der Waals surface area contributed by atoms with Gasteiger partial charge in [-0.1, -0.05) is 12.1 Å². The maximum atomic E-state index is 12.8. The fraction of sp³-hybridized carbons (Fsp3) is 0.290. The fourth-order valence-corrected chi connectivity index (χ4v) is 4.88. The smallest absolute Gasteiger partial charge is 0.330 e. The molecule has 0 bridgehead atoms. The van der Waals surface area contributed by atoms with Crippen molar-refractivity contribution in [1.29, 1.82) is 0 Å². The molecule has 7 N–H and O–H groups in total. The highest BCUT2D eigenvalue weighted by molar-refractivity contribution is 6.02. The number of hydrogen-bond donors (Lipinski definition) is 7. The third-order valence-electron chi connectivity index (χ3n) is 7.27. The Kier molecular flexibility index (Phi) is 9.01. The summed E-state index contributed by atoms with van der Waals surface area (Å²) in [4.78, 5) is 25.1. The van der Waals surface area contributed by atoms with Gasteiger partial charge in [0.15, 0.2) is 28.8 Å². The molecular weight excluding hydrogens is 596 g/mol. The molecule has 5 rings (SSSR count). The van der Waals surface area contributed by atoms with Gasteiger partial charge in [-0.3, -0.25) is 4.79 Å². The molecule has 2 aliphatic heterocycles. The summed E-state index contributed by atoms with van der Waals surface area (Å²) in [5.74, 6) is -2.65. The minimum absolute atomic E-state index is 0.0767. The monoisotopic (exact) mass is 626 g/mol. The summed E-state index contributed by atoms with van der Waals surface area (Å²) < 4.78 is 27.2. The number of hydrogen-bond acceptors (Lipinski definition) is 14. The lowest BCUT2D eigenvalue weighted by Gasteiger charge is -2.40. The molecule has 0 amide bonds. The summed E-state index contributed by atoms with van der Waals surface area (Å²) in [6.07, 6.45) is -6.79. The number of esters is 1. The van der Waals surface area contributed by atoms with Gasteiger partial charge in [-0.25, -0.2) is 4.79 Å². The first-order chi connectivity index (χ1) is 21.4. The molecule has 0 spiro atoms. The zero-order valence-electron chi connectivity index (χ0n) is 23.6. The van der Waals surface area contributed by atoms with Gasteiger partial charge in [0.2, 0.25) is 6.29 Å². The van der Waals surface area contributed by atoms with Crippen LogP contribution in [0.25, 0.3) is 6.08 Å².